The van der Waals surface area contributed by atoms with Crippen LogP contribution in [0, 0.1) is 18.8 Å². The van der Waals surface area contributed by atoms with E-state index in [-0.39, 0.29) is 10.8 Å². The molecule has 0 bridgehead atoms. The van der Waals surface area contributed by atoms with Crippen LogP contribution in [0.2, 0.25) is 0 Å². The minimum absolute atomic E-state index is 0.0143. The Kier molecular flexibility index (Phi) is 8.49. The first-order valence-corrected chi connectivity index (χ1v) is 16.9. The van der Waals surface area contributed by atoms with Crippen LogP contribution in [0.4, 0.5) is 0 Å². The number of nitrogens with zero attached hydrogens (tertiary/aromatic N) is 1. The first kappa shape index (κ1) is 29.7. The van der Waals surface area contributed by atoms with Gasteiger partial charge >= 0.3 is 0 Å². The molecule has 1 N–H and O–H groups in total. The molecular formula is C33H50N2O4S. The minimum atomic E-state index is -3.66. The molecule has 0 atom stereocenters. The van der Waals surface area contributed by atoms with Crippen molar-refractivity contribution in [1.29, 1.82) is 0 Å². The Bertz CT molecular complexity index is 1290. The molecule has 222 valence electrons. The molecule has 3 heterocycles. The highest BCUT2D eigenvalue weighted by molar-refractivity contribution is 7.89. The van der Waals surface area contributed by atoms with E-state index in [9.17, 15) is 8.42 Å². The summed E-state index contributed by atoms with van der Waals surface area (Å²) in [6.07, 6.45) is 9.01. The molecule has 2 fully saturated rings. The Morgan fingerprint density at radius 1 is 0.975 bits per heavy atom. The fourth-order valence-corrected chi connectivity index (χ4v) is 8.16. The molecule has 1 aliphatic carbocycles. The zero-order chi connectivity index (χ0) is 28.7. The zero-order valence-corrected chi connectivity index (χ0v) is 26.4. The van der Waals surface area contributed by atoms with Crippen molar-refractivity contribution in [2.45, 2.75) is 115 Å². The van der Waals surface area contributed by atoms with Gasteiger partial charge in [0.25, 0.3) is 0 Å². The second kappa shape index (κ2) is 11.4. The molecule has 1 aromatic carbocycles. The lowest BCUT2D eigenvalue weighted by Gasteiger charge is -2.37. The minimum Gasteiger partial charge on any atom is -0.493 e. The second-order valence-electron chi connectivity index (χ2n) is 14.1. The Morgan fingerprint density at radius 2 is 1.68 bits per heavy atom. The van der Waals surface area contributed by atoms with Gasteiger partial charge in [0.05, 0.1) is 6.61 Å². The number of rotatable bonds is 7. The number of nitrogens with one attached hydrogen (secondary N) is 1. The summed E-state index contributed by atoms with van der Waals surface area (Å²) in [5.74, 6) is 1.91. The average Bonchev–Trinajstić information content (AvgIpc) is 3.24. The van der Waals surface area contributed by atoms with Gasteiger partial charge in [-0.2, -0.15) is 0 Å². The molecule has 5 rings (SSSR count). The summed E-state index contributed by atoms with van der Waals surface area (Å²) in [6.45, 7) is 16.8. The standard InChI is InChI=1S/C33H50N2O4S/c1-23-30(40(36,37)34-21-24-12-15-38-16-13-24)20-29(35(23)22-25-10-8-7-9-11-25)26-18-27(32(2,3)4)31-28(19-26)33(5,6)14-17-39-31/h18-20,24-25,34H,7-17,21-22H2,1-6H3. The maximum atomic E-state index is 13.8. The van der Waals surface area contributed by atoms with Crippen LogP contribution in [0.5, 0.6) is 5.75 Å². The first-order chi connectivity index (χ1) is 18.9. The lowest BCUT2D eigenvalue weighted by Crippen LogP contribution is -2.32. The Morgan fingerprint density at radius 3 is 2.35 bits per heavy atom. The molecule has 1 aromatic heterocycles. The van der Waals surface area contributed by atoms with Crippen LogP contribution in [0.1, 0.15) is 103 Å². The van der Waals surface area contributed by atoms with Crippen molar-refractivity contribution in [1.82, 2.24) is 9.29 Å². The molecule has 0 amide bonds. The molecule has 1 saturated carbocycles. The van der Waals surface area contributed by atoms with Crippen LogP contribution in [-0.4, -0.2) is 39.4 Å². The third kappa shape index (κ3) is 6.17. The molecule has 3 aliphatic rings. The summed E-state index contributed by atoms with van der Waals surface area (Å²) in [6, 6.07) is 6.48. The summed E-state index contributed by atoms with van der Waals surface area (Å²) in [4.78, 5) is 0.413. The molecule has 0 spiro atoms. The molecule has 7 heteroatoms. The second-order valence-corrected chi connectivity index (χ2v) is 15.9. The van der Waals surface area contributed by atoms with E-state index in [1.807, 2.05) is 13.0 Å². The van der Waals surface area contributed by atoms with E-state index in [0.717, 1.165) is 55.1 Å². The number of sulfonamides is 1. The fraction of sp³-hybridized carbons (Fsp3) is 0.697. The van der Waals surface area contributed by atoms with E-state index < -0.39 is 10.0 Å². The molecule has 0 unspecified atom stereocenters. The van der Waals surface area contributed by atoms with E-state index in [4.69, 9.17) is 9.47 Å². The van der Waals surface area contributed by atoms with Gasteiger partial charge in [0.15, 0.2) is 0 Å². The van der Waals surface area contributed by atoms with Gasteiger partial charge in [-0.25, -0.2) is 13.1 Å². The van der Waals surface area contributed by atoms with Gasteiger partial charge in [0.2, 0.25) is 10.0 Å². The maximum Gasteiger partial charge on any atom is 0.242 e. The monoisotopic (exact) mass is 570 g/mol. The van der Waals surface area contributed by atoms with Crippen LogP contribution in [-0.2, 0) is 32.1 Å². The summed E-state index contributed by atoms with van der Waals surface area (Å²) in [5, 5.41) is 0. The number of fused-ring (bicyclic) bond motifs is 1. The zero-order valence-electron chi connectivity index (χ0n) is 25.6. The summed E-state index contributed by atoms with van der Waals surface area (Å²) in [7, 11) is -3.66. The predicted molar refractivity (Wildman–Crippen MR) is 162 cm³/mol. The SMILES string of the molecule is Cc1c(S(=O)(=O)NCC2CCOCC2)cc(-c2cc(C(C)(C)C)c3c(c2)C(C)(C)CCO3)n1CC1CCCCC1. The normalized spacial score (nSPS) is 20.8. The number of benzene rings is 1. The van der Waals surface area contributed by atoms with E-state index in [2.05, 4.69) is 56.0 Å². The fourth-order valence-electron chi connectivity index (χ4n) is 6.79. The van der Waals surface area contributed by atoms with Crippen LogP contribution in [0.3, 0.4) is 0 Å². The van der Waals surface area contributed by atoms with Gasteiger partial charge in [-0.05, 0) is 85.5 Å². The number of aromatic nitrogens is 1. The lowest BCUT2D eigenvalue weighted by atomic mass is 9.74. The van der Waals surface area contributed by atoms with Gasteiger partial charge in [0.1, 0.15) is 10.6 Å². The number of hydrogen-bond acceptors (Lipinski definition) is 4. The van der Waals surface area contributed by atoms with Crippen molar-refractivity contribution >= 4 is 10.0 Å². The molecule has 40 heavy (non-hydrogen) atoms. The number of ether oxygens (including phenoxy) is 2. The van der Waals surface area contributed by atoms with E-state index in [0.29, 0.717) is 36.5 Å². The van der Waals surface area contributed by atoms with Gasteiger partial charge < -0.3 is 14.0 Å². The third-order valence-corrected chi connectivity index (χ3v) is 11.1. The quantitative estimate of drug-likeness (QED) is 0.385. The molecule has 2 aromatic rings. The van der Waals surface area contributed by atoms with E-state index in [1.54, 1.807) is 0 Å². The van der Waals surface area contributed by atoms with Gasteiger partial charge in [-0.1, -0.05) is 53.9 Å². The van der Waals surface area contributed by atoms with Gasteiger partial charge in [-0.3, -0.25) is 0 Å². The predicted octanol–water partition coefficient (Wildman–Crippen LogP) is 7.11. The largest absolute Gasteiger partial charge is 0.493 e. The molecular weight excluding hydrogens is 520 g/mol. The van der Waals surface area contributed by atoms with Crippen molar-refractivity contribution in [2.24, 2.45) is 11.8 Å². The summed E-state index contributed by atoms with van der Waals surface area (Å²) in [5.41, 5.74) is 5.23. The summed E-state index contributed by atoms with van der Waals surface area (Å²) >= 11 is 0. The van der Waals surface area contributed by atoms with E-state index in [1.165, 1.54) is 43.2 Å². The lowest BCUT2D eigenvalue weighted by molar-refractivity contribution is 0.0678. The maximum absolute atomic E-state index is 13.8. The molecule has 0 radical (unpaired) electrons. The first-order valence-electron chi connectivity index (χ1n) is 15.5. The molecule has 2 aliphatic heterocycles. The molecule has 6 nitrogen and oxygen atoms in total. The van der Waals surface area contributed by atoms with Crippen molar-refractivity contribution in [2.75, 3.05) is 26.4 Å². The summed E-state index contributed by atoms with van der Waals surface area (Å²) < 4.78 is 44.6. The van der Waals surface area contributed by atoms with Gasteiger partial charge in [-0.15, -0.1) is 0 Å². The Balaban J connectivity index is 1.60. The molecule has 1 saturated heterocycles. The van der Waals surface area contributed by atoms with Crippen molar-refractivity contribution in [3.05, 3.63) is 35.0 Å². The van der Waals surface area contributed by atoms with Crippen molar-refractivity contribution in [3.63, 3.8) is 0 Å². The highest BCUT2D eigenvalue weighted by Crippen LogP contribution is 2.47. The van der Waals surface area contributed by atoms with E-state index >= 15 is 0 Å². The average molecular weight is 571 g/mol. The van der Waals surface area contributed by atoms with Crippen LogP contribution >= 0.6 is 0 Å². The topological polar surface area (TPSA) is 69.6 Å². The van der Waals surface area contributed by atoms with Crippen molar-refractivity contribution < 1.29 is 17.9 Å². The van der Waals surface area contributed by atoms with Gasteiger partial charge in [0, 0.05) is 48.8 Å². The Hall–Kier alpha value is -1.83. The van der Waals surface area contributed by atoms with Crippen LogP contribution in [0.25, 0.3) is 11.3 Å². The van der Waals surface area contributed by atoms with Crippen LogP contribution in [0.15, 0.2) is 23.1 Å². The van der Waals surface area contributed by atoms with Crippen molar-refractivity contribution in [3.8, 4) is 17.0 Å². The highest BCUT2D eigenvalue weighted by Gasteiger charge is 2.35. The highest BCUT2D eigenvalue weighted by atomic mass is 32.2. The Labute approximate surface area is 242 Å². The van der Waals surface area contributed by atoms with Crippen LogP contribution < -0.4 is 9.46 Å². The third-order valence-electron chi connectivity index (χ3n) is 9.57. The number of hydrogen-bond donors (Lipinski definition) is 1. The smallest absolute Gasteiger partial charge is 0.242 e.